The lowest BCUT2D eigenvalue weighted by Crippen LogP contribution is -2.45. The van der Waals surface area contributed by atoms with Gasteiger partial charge in [0.05, 0.1) is 6.10 Å². The summed E-state index contributed by atoms with van der Waals surface area (Å²) in [6, 6.07) is 8.34. The molecule has 0 aromatic heterocycles. The Kier molecular flexibility index (Phi) is 4.76. The maximum Gasteiger partial charge on any atom is 0.407 e. The van der Waals surface area contributed by atoms with Gasteiger partial charge in [0.15, 0.2) is 0 Å². The van der Waals surface area contributed by atoms with E-state index in [0.29, 0.717) is 0 Å². The molecule has 0 fully saturated rings. The molecule has 0 atom stereocenters. The Bertz CT molecular complexity index is 393. The van der Waals surface area contributed by atoms with Crippen LogP contribution in [0, 0.1) is 6.92 Å². The van der Waals surface area contributed by atoms with Crippen molar-refractivity contribution in [1.29, 1.82) is 0 Å². The molecule has 1 aromatic carbocycles. The number of benzene rings is 1. The maximum absolute atomic E-state index is 11.6. The summed E-state index contributed by atoms with van der Waals surface area (Å²) in [5.41, 5.74) is 2.13. The largest absolute Gasteiger partial charge is 0.447 e. The highest BCUT2D eigenvalue weighted by Gasteiger charge is 2.22. The van der Waals surface area contributed by atoms with Crippen LogP contribution in [-0.4, -0.2) is 17.7 Å². The van der Waals surface area contributed by atoms with E-state index >= 15 is 0 Å². The van der Waals surface area contributed by atoms with Crippen LogP contribution in [0.2, 0.25) is 0 Å². The van der Waals surface area contributed by atoms with Crippen molar-refractivity contribution in [3.63, 3.8) is 0 Å². The quantitative estimate of drug-likeness (QED) is 0.887. The van der Waals surface area contributed by atoms with Gasteiger partial charge in [0, 0.05) is 5.54 Å². The molecule has 0 heterocycles. The van der Waals surface area contributed by atoms with Crippen molar-refractivity contribution >= 4 is 6.09 Å². The summed E-state index contributed by atoms with van der Waals surface area (Å²) in [7, 11) is 0. The molecule has 18 heavy (non-hydrogen) atoms. The van der Waals surface area contributed by atoms with Crippen molar-refractivity contribution < 1.29 is 9.53 Å². The Morgan fingerprint density at radius 2 is 1.83 bits per heavy atom. The molecule has 0 aliphatic rings. The van der Waals surface area contributed by atoms with Gasteiger partial charge in [-0.1, -0.05) is 29.8 Å². The summed E-state index contributed by atoms with van der Waals surface area (Å²) in [6.45, 7) is 9.73. The van der Waals surface area contributed by atoms with Gasteiger partial charge >= 0.3 is 6.09 Å². The van der Waals surface area contributed by atoms with Crippen molar-refractivity contribution in [2.75, 3.05) is 0 Å². The van der Waals surface area contributed by atoms with Gasteiger partial charge in [-0.2, -0.15) is 0 Å². The summed E-state index contributed by atoms with van der Waals surface area (Å²) >= 11 is 0. The number of alkyl carbamates (subject to hydrolysis) is 1. The molecule has 0 unspecified atom stereocenters. The first-order valence-corrected chi connectivity index (χ1v) is 6.33. The molecule has 0 bridgehead atoms. The SMILES string of the molecule is Cc1ccc(CC(C)(C)NC(=O)OC(C)C)cc1. The van der Waals surface area contributed by atoms with Crippen molar-refractivity contribution in [2.45, 2.75) is 52.7 Å². The molecular weight excluding hydrogens is 226 g/mol. The molecule has 0 saturated heterocycles. The number of ether oxygens (including phenoxy) is 1. The summed E-state index contributed by atoms with van der Waals surface area (Å²) < 4.78 is 5.09. The first kappa shape index (κ1) is 14.6. The van der Waals surface area contributed by atoms with Crippen molar-refractivity contribution in [3.8, 4) is 0 Å². The van der Waals surface area contributed by atoms with Crippen molar-refractivity contribution in [3.05, 3.63) is 35.4 Å². The lowest BCUT2D eigenvalue weighted by atomic mass is 9.95. The number of amides is 1. The highest BCUT2D eigenvalue weighted by molar-refractivity contribution is 5.68. The summed E-state index contributed by atoms with van der Waals surface area (Å²) in [5.74, 6) is 0. The Morgan fingerprint density at radius 3 is 2.33 bits per heavy atom. The number of carbonyl (C=O) groups is 1. The fourth-order valence-corrected chi connectivity index (χ4v) is 1.78. The first-order chi connectivity index (χ1) is 8.28. The van der Waals surface area contributed by atoms with Gasteiger partial charge in [0.1, 0.15) is 0 Å². The highest BCUT2D eigenvalue weighted by atomic mass is 16.6. The van der Waals surface area contributed by atoms with E-state index in [-0.39, 0.29) is 17.7 Å². The van der Waals surface area contributed by atoms with Crippen LogP contribution in [0.5, 0.6) is 0 Å². The van der Waals surface area contributed by atoms with Crippen LogP contribution in [-0.2, 0) is 11.2 Å². The third kappa shape index (κ3) is 5.21. The topological polar surface area (TPSA) is 38.3 Å². The zero-order chi connectivity index (χ0) is 13.8. The molecule has 0 radical (unpaired) electrons. The van der Waals surface area contributed by atoms with Gasteiger partial charge in [-0.3, -0.25) is 0 Å². The third-order valence-corrected chi connectivity index (χ3v) is 2.55. The molecule has 1 rings (SSSR count). The van der Waals surface area contributed by atoms with Gasteiger partial charge in [0.2, 0.25) is 0 Å². The summed E-state index contributed by atoms with van der Waals surface area (Å²) in [6.07, 6.45) is 0.322. The van der Waals surface area contributed by atoms with E-state index in [0.717, 1.165) is 6.42 Å². The average molecular weight is 249 g/mol. The Hall–Kier alpha value is -1.51. The predicted molar refractivity (Wildman–Crippen MR) is 73.7 cm³/mol. The van der Waals surface area contributed by atoms with Gasteiger partial charge in [-0.15, -0.1) is 0 Å². The zero-order valence-electron chi connectivity index (χ0n) is 11.9. The third-order valence-electron chi connectivity index (χ3n) is 2.55. The Labute approximate surface area is 110 Å². The maximum atomic E-state index is 11.6. The van der Waals surface area contributed by atoms with Crippen LogP contribution in [0.4, 0.5) is 4.79 Å². The van der Waals surface area contributed by atoms with E-state index in [1.807, 2.05) is 27.7 Å². The van der Waals surface area contributed by atoms with Gasteiger partial charge in [-0.25, -0.2) is 4.79 Å². The molecule has 0 aliphatic heterocycles. The molecule has 1 aromatic rings. The minimum absolute atomic E-state index is 0.0971. The van der Waals surface area contributed by atoms with Crippen molar-refractivity contribution in [1.82, 2.24) is 5.32 Å². The number of rotatable bonds is 4. The van der Waals surface area contributed by atoms with E-state index in [9.17, 15) is 4.79 Å². The summed E-state index contributed by atoms with van der Waals surface area (Å²) in [4.78, 5) is 11.6. The molecule has 3 heteroatoms. The minimum atomic E-state index is -0.359. The summed E-state index contributed by atoms with van der Waals surface area (Å²) in [5, 5.41) is 2.89. The number of carbonyl (C=O) groups excluding carboxylic acids is 1. The number of nitrogens with one attached hydrogen (secondary N) is 1. The molecular formula is C15H23NO2. The van der Waals surface area contributed by atoms with Gasteiger partial charge in [0.25, 0.3) is 0 Å². The fraction of sp³-hybridized carbons (Fsp3) is 0.533. The zero-order valence-corrected chi connectivity index (χ0v) is 11.9. The highest BCUT2D eigenvalue weighted by Crippen LogP contribution is 2.14. The normalized spacial score (nSPS) is 11.4. The van der Waals surface area contributed by atoms with E-state index in [1.54, 1.807) is 0 Å². The van der Waals surface area contributed by atoms with E-state index in [1.165, 1.54) is 11.1 Å². The molecule has 0 aliphatic carbocycles. The predicted octanol–water partition coefficient (Wildman–Crippen LogP) is 3.45. The molecule has 0 saturated carbocycles. The number of hydrogen-bond donors (Lipinski definition) is 1. The van der Waals surface area contributed by atoms with Crippen LogP contribution in [0.25, 0.3) is 0 Å². The molecule has 0 spiro atoms. The van der Waals surface area contributed by atoms with Crippen LogP contribution < -0.4 is 5.32 Å². The Morgan fingerprint density at radius 1 is 1.28 bits per heavy atom. The van der Waals surface area contributed by atoms with E-state index < -0.39 is 0 Å². The molecule has 1 amide bonds. The van der Waals surface area contributed by atoms with Crippen LogP contribution in [0.1, 0.15) is 38.8 Å². The van der Waals surface area contributed by atoms with Crippen molar-refractivity contribution in [2.24, 2.45) is 0 Å². The standard InChI is InChI=1S/C15H23NO2/c1-11(2)18-14(17)16-15(4,5)10-13-8-6-12(3)7-9-13/h6-9,11H,10H2,1-5H3,(H,16,17). The smallest absolute Gasteiger partial charge is 0.407 e. The second-order valence-corrected chi connectivity index (χ2v) is 5.63. The number of aryl methyl sites for hydroxylation is 1. The van der Waals surface area contributed by atoms with Gasteiger partial charge < -0.3 is 10.1 Å². The monoisotopic (exact) mass is 249 g/mol. The molecule has 1 N–H and O–H groups in total. The van der Waals surface area contributed by atoms with E-state index in [2.05, 4.69) is 36.5 Å². The van der Waals surface area contributed by atoms with Crippen LogP contribution in [0.3, 0.4) is 0 Å². The van der Waals surface area contributed by atoms with Gasteiger partial charge in [-0.05, 0) is 46.6 Å². The Balaban J connectivity index is 2.58. The lowest BCUT2D eigenvalue weighted by Gasteiger charge is -2.26. The molecule has 100 valence electrons. The van der Waals surface area contributed by atoms with Crippen LogP contribution in [0.15, 0.2) is 24.3 Å². The first-order valence-electron chi connectivity index (χ1n) is 6.33. The average Bonchev–Trinajstić information content (AvgIpc) is 2.18. The van der Waals surface area contributed by atoms with E-state index in [4.69, 9.17) is 4.74 Å². The lowest BCUT2D eigenvalue weighted by molar-refractivity contribution is 0.107. The second-order valence-electron chi connectivity index (χ2n) is 5.63. The number of hydrogen-bond acceptors (Lipinski definition) is 2. The molecule has 3 nitrogen and oxygen atoms in total. The second kappa shape index (κ2) is 5.89. The fourth-order valence-electron chi connectivity index (χ4n) is 1.78. The minimum Gasteiger partial charge on any atom is -0.447 e. The van der Waals surface area contributed by atoms with Crippen LogP contribution >= 0.6 is 0 Å².